The van der Waals surface area contributed by atoms with E-state index in [1.165, 1.54) is 27.2 Å². The van der Waals surface area contributed by atoms with Gasteiger partial charge in [0.1, 0.15) is 5.58 Å². The third kappa shape index (κ3) is 1.69. The Hall–Kier alpha value is -3.00. The van der Waals surface area contributed by atoms with Crippen LogP contribution in [-0.2, 0) is 0 Å². The first-order valence-corrected chi connectivity index (χ1v) is 7.81. The van der Waals surface area contributed by atoms with Crippen LogP contribution in [0.15, 0.2) is 77.2 Å². The molecule has 3 aromatic carbocycles. The Morgan fingerprint density at radius 3 is 2.26 bits per heavy atom. The molecule has 0 amide bonds. The lowest BCUT2D eigenvalue weighted by atomic mass is 10.1. The van der Waals surface area contributed by atoms with Gasteiger partial charge in [-0.25, -0.2) is 0 Å². The number of para-hydroxylation sites is 2. The number of benzene rings is 3. The lowest BCUT2D eigenvalue weighted by Gasteiger charge is -2.06. The second-order valence-electron chi connectivity index (χ2n) is 5.97. The maximum absolute atomic E-state index is 6.22. The Kier molecular flexibility index (Phi) is 2.45. The summed E-state index contributed by atoms with van der Waals surface area (Å²) >= 11 is 0. The molecule has 2 heterocycles. The second kappa shape index (κ2) is 4.50. The van der Waals surface area contributed by atoms with Crippen molar-refractivity contribution in [2.24, 2.45) is 0 Å². The zero-order valence-electron chi connectivity index (χ0n) is 12.8. The van der Waals surface area contributed by atoms with Crippen LogP contribution in [0.2, 0.25) is 0 Å². The molecule has 0 aliphatic carbocycles. The zero-order chi connectivity index (χ0) is 15.4. The molecular formula is C21H15NO. The van der Waals surface area contributed by atoms with E-state index in [2.05, 4.69) is 72.2 Å². The fourth-order valence-electron chi connectivity index (χ4n) is 3.39. The molecule has 0 aliphatic rings. The molecule has 0 saturated carbocycles. The first-order valence-electron chi connectivity index (χ1n) is 7.81. The Bertz CT molecular complexity index is 1160. The summed E-state index contributed by atoms with van der Waals surface area (Å²) < 4.78 is 8.43. The quantitative estimate of drug-likeness (QED) is 0.380. The van der Waals surface area contributed by atoms with Crippen molar-refractivity contribution in [2.75, 3.05) is 0 Å². The van der Waals surface area contributed by atoms with Gasteiger partial charge in [0.2, 0.25) is 5.71 Å². The number of nitrogens with zero attached hydrogens (tertiary/aromatic N) is 1. The molecule has 2 nitrogen and oxygen atoms in total. The Morgan fingerprint density at radius 1 is 0.739 bits per heavy atom. The molecule has 5 aromatic rings. The van der Waals surface area contributed by atoms with Crippen molar-refractivity contribution in [2.45, 2.75) is 6.92 Å². The average Bonchev–Trinajstić information content (AvgIpc) is 3.10. The van der Waals surface area contributed by atoms with Gasteiger partial charge in [0, 0.05) is 16.5 Å². The Labute approximate surface area is 133 Å². The van der Waals surface area contributed by atoms with Gasteiger partial charge >= 0.3 is 0 Å². The third-order valence-electron chi connectivity index (χ3n) is 4.49. The molecule has 2 aromatic heterocycles. The van der Waals surface area contributed by atoms with E-state index in [4.69, 9.17) is 4.42 Å². The molecule has 23 heavy (non-hydrogen) atoms. The largest absolute Gasteiger partial charge is 0.439 e. The van der Waals surface area contributed by atoms with E-state index in [0.717, 1.165) is 17.0 Å². The highest BCUT2D eigenvalue weighted by molar-refractivity contribution is 6.19. The van der Waals surface area contributed by atoms with Crippen LogP contribution in [0.25, 0.3) is 38.7 Å². The molecule has 0 fully saturated rings. The predicted molar refractivity (Wildman–Crippen MR) is 95.3 cm³/mol. The fourth-order valence-corrected chi connectivity index (χ4v) is 3.39. The molecule has 110 valence electrons. The molecule has 0 unspecified atom stereocenters. The Morgan fingerprint density at radius 2 is 1.43 bits per heavy atom. The van der Waals surface area contributed by atoms with Gasteiger partial charge in [0.05, 0.1) is 10.9 Å². The van der Waals surface area contributed by atoms with Crippen molar-refractivity contribution in [3.8, 4) is 5.69 Å². The number of fused-ring (bicyclic) bond motifs is 5. The number of hydrogen-bond acceptors (Lipinski definition) is 1. The van der Waals surface area contributed by atoms with Crippen LogP contribution in [-0.4, -0.2) is 4.57 Å². The molecule has 0 spiro atoms. The minimum absolute atomic E-state index is 0.913. The standard InChI is InChI=1S/C21H15NO/c1-14-10-12-15(13-11-14)22-18-8-4-2-6-16(18)20-17-7-3-5-9-19(17)23-21(20)22/h2-13H,1H3. The van der Waals surface area contributed by atoms with Crippen molar-refractivity contribution in [1.29, 1.82) is 0 Å². The molecule has 0 bridgehead atoms. The lowest BCUT2D eigenvalue weighted by molar-refractivity contribution is 0.645. The summed E-state index contributed by atoms with van der Waals surface area (Å²) in [5.41, 5.74) is 5.41. The van der Waals surface area contributed by atoms with Gasteiger partial charge in [-0.3, -0.25) is 4.57 Å². The van der Waals surface area contributed by atoms with E-state index in [1.807, 2.05) is 12.1 Å². The SMILES string of the molecule is Cc1ccc(-n2c3ccccc3c3c4ccccc4oc32)cc1. The van der Waals surface area contributed by atoms with E-state index >= 15 is 0 Å². The van der Waals surface area contributed by atoms with Crippen LogP contribution >= 0.6 is 0 Å². The van der Waals surface area contributed by atoms with E-state index in [9.17, 15) is 0 Å². The third-order valence-corrected chi connectivity index (χ3v) is 4.49. The minimum Gasteiger partial charge on any atom is -0.439 e. The zero-order valence-corrected chi connectivity index (χ0v) is 12.8. The molecule has 2 heteroatoms. The number of aryl methyl sites for hydroxylation is 1. The molecule has 0 saturated heterocycles. The molecular weight excluding hydrogens is 282 g/mol. The van der Waals surface area contributed by atoms with Gasteiger partial charge in [0.25, 0.3) is 0 Å². The summed E-state index contributed by atoms with van der Waals surface area (Å²) in [6.45, 7) is 2.11. The van der Waals surface area contributed by atoms with Crippen molar-refractivity contribution in [3.05, 3.63) is 78.4 Å². The topological polar surface area (TPSA) is 18.1 Å². The summed E-state index contributed by atoms with van der Waals surface area (Å²) in [5, 5.41) is 3.59. The minimum atomic E-state index is 0.913. The van der Waals surface area contributed by atoms with E-state index < -0.39 is 0 Å². The van der Waals surface area contributed by atoms with Crippen LogP contribution in [0.5, 0.6) is 0 Å². The smallest absolute Gasteiger partial charge is 0.213 e. The van der Waals surface area contributed by atoms with Crippen molar-refractivity contribution in [3.63, 3.8) is 0 Å². The number of furan rings is 1. The lowest BCUT2D eigenvalue weighted by Crippen LogP contribution is -1.92. The van der Waals surface area contributed by atoms with Crippen LogP contribution in [0, 0.1) is 6.92 Å². The second-order valence-corrected chi connectivity index (χ2v) is 5.97. The molecule has 0 aliphatic heterocycles. The van der Waals surface area contributed by atoms with Crippen LogP contribution in [0.4, 0.5) is 0 Å². The maximum atomic E-state index is 6.22. The summed E-state index contributed by atoms with van der Waals surface area (Å²) in [4.78, 5) is 0. The fraction of sp³-hybridized carbons (Fsp3) is 0.0476. The van der Waals surface area contributed by atoms with E-state index in [-0.39, 0.29) is 0 Å². The Balaban J connectivity index is 2.01. The summed E-state index contributed by atoms with van der Waals surface area (Å²) in [7, 11) is 0. The summed E-state index contributed by atoms with van der Waals surface area (Å²) in [5.74, 6) is 0. The van der Waals surface area contributed by atoms with E-state index in [0.29, 0.717) is 0 Å². The molecule has 0 atom stereocenters. The van der Waals surface area contributed by atoms with Gasteiger partial charge in [-0.2, -0.15) is 0 Å². The highest BCUT2D eigenvalue weighted by Crippen LogP contribution is 2.38. The number of hydrogen-bond donors (Lipinski definition) is 0. The van der Waals surface area contributed by atoms with Gasteiger partial charge in [-0.1, -0.05) is 54.1 Å². The summed E-state index contributed by atoms with van der Waals surface area (Å²) in [6, 6.07) is 25.3. The summed E-state index contributed by atoms with van der Waals surface area (Å²) in [6.07, 6.45) is 0. The van der Waals surface area contributed by atoms with Crippen molar-refractivity contribution in [1.82, 2.24) is 4.57 Å². The molecule has 5 rings (SSSR count). The first-order chi connectivity index (χ1) is 11.3. The van der Waals surface area contributed by atoms with E-state index in [1.54, 1.807) is 0 Å². The highest BCUT2D eigenvalue weighted by atomic mass is 16.3. The van der Waals surface area contributed by atoms with Gasteiger partial charge < -0.3 is 4.42 Å². The number of rotatable bonds is 1. The van der Waals surface area contributed by atoms with Gasteiger partial charge in [-0.15, -0.1) is 0 Å². The van der Waals surface area contributed by atoms with Crippen LogP contribution in [0.1, 0.15) is 5.56 Å². The first kappa shape index (κ1) is 12.5. The van der Waals surface area contributed by atoms with Gasteiger partial charge in [-0.05, 0) is 31.2 Å². The van der Waals surface area contributed by atoms with Crippen molar-refractivity contribution >= 4 is 33.0 Å². The highest BCUT2D eigenvalue weighted by Gasteiger charge is 2.18. The molecule has 0 N–H and O–H groups in total. The van der Waals surface area contributed by atoms with Crippen LogP contribution < -0.4 is 0 Å². The normalized spacial score (nSPS) is 11.7. The number of aromatic nitrogens is 1. The monoisotopic (exact) mass is 297 g/mol. The predicted octanol–water partition coefficient (Wildman–Crippen LogP) is 5.84. The molecule has 0 radical (unpaired) electrons. The van der Waals surface area contributed by atoms with Crippen molar-refractivity contribution < 1.29 is 4.42 Å². The average molecular weight is 297 g/mol. The van der Waals surface area contributed by atoms with Gasteiger partial charge in [0.15, 0.2) is 0 Å². The van der Waals surface area contributed by atoms with Crippen LogP contribution in [0.3, 0.4) is 0 Å². The maximum Gasteiger partial charge on any atom is 0.213 e.